The first-order chi connectivity index (χ1) is 15.9. The molecule has 11 nitrogen and oxygen atoms in total. The number of hydrogen-bond acceptors (Lipinski definition) is 7. The molecule has 172 valence electrons. The van der Waals surface area contributed by atoms with Crippen molar-refractivity contribution in [2.45, 2.75) is 12.6 Å². The molecule has 0 saturated carbocycles. The molecule has 0 spiro atoms. The number of carboxylic acid groups (broad SMARTS) is 1. The monoisotopic (exact) mass is 454 g/mol. The third kappa shape index (κ3) is 3.86. The lowest BCUT2D eigenvalue weighted by atomic mass is 10.0. The van der Waals surface area contributed by atoms with E-state index in [1.807, 2.05) is 24.3 Å². The number of nitrogens with zero attached hydrogens (tertiary/aromatic N) is 4. The molecule has 33 heavy (non-hydrogen) atoms. The summed E-state index contributed by atoms with van der Waals surface area (Å²) in [5.74, 6) is 1.36. The number of rotatable bonds is 4. The molecule has 2 fully saturated rings. The predicted octanol–water partition coefficient (Wildman–Crippen LogP) is 1.95. The third-order valence-corrected chi connectivity index (χ3v) is 6.05. The fraction of sp³-hybridized carbons (Fsp3) is 0.364. The van der Waals surface area contributed by atoms with Gasteiger partial charge in [0.25, 0.3) is 5.91 Å². The van der Waals surface area contributed by atoms with Gasteiger partial charge in [-0.15, -0.1) is 0 Å². The molecule has 3 aliphatic heterocycles. The van der Waals surface area contributed by atoms with E-state index < -0.39 is 18.3 Å². The van der Waals surface area contributed by atoms with E-state index in [4.69, 9.17) is 14.2 Å². The van der Waals surface area contributed by atoms with Gasteiger partial charge in [-0.2, -0.15) is 0 Å². The van der Waals surface area contributed by atoms with E-state index in [-0.39, 0.29) is 44.6 Å². The second kappa shape index (κ2) is 8.15. The SMILES string of the molecule is COc1ccc(CN2C(=O)COc3ccc(N4C[C@H]5CN(C(=O)O)C[C@@H]5OC4=O)nc32)cc1. The molecule has 2 saturated heterocycles. The van der Waals surface area contributed by atoms with Crippen molar-refractivity contribution < 1.29 is 33.7 Å². The van der Waals surface area contributed by atoms with Gasteiger partial charge in [0.05, 0.1) is 20.2 Å². The Labute approximate surface area is 189 Å². The number of ether oxygens (including phenoxy) is 3. The largest absolute Gasteiger partial charge is 0.497 e. The summed E-state index contributed by atoms with van der Waals surface area (Å²) in [6, 6.07) is 10.7. The van der Waals surface area contributed by atoms with Crippen LogP contribution in [0.15, 0.2) is 36.4 Å². The molecule has 4 heterocycles. The van der Waals surface area contributed by atoms with Crippen LogP contribution in [-0.2, 0) is 16.1 Å². The number of methoxy groups -OCH3 is 1. The van der Waals surface area contributed by atoms with Crippen LogP contribution in [-0.4, -0.2) is 72.5 Å². The van der Waals surface area contributed by atoms with Gasteiger partial charge >= 0.3 is 12.2 Å². The minimum absolute atomic E-state index is 0.106. The van der Waals surface area contributed by atoms with Crippen LogP contribution in [0, 0.1) is 5.92 Å². The zero-order valence-corrected chi connectivity index (χ0v) is 17.8. The Hall–Kier alpha value is -4.02. The van der Waals surface area contributed by atoms with Gasteiger partial charge in [0.1, 0.15) is 17.7 Å². The molecule has 5 rings (SSSR count). The first kappa shape index (κ1) is 20.9. The summed E-state index contributed by atoms with van der Waals surface area (Å²) >= 11 is 0. The van der Waals surface area contributed by atoms with E-state index in [1.165, 1.54) is 14.7 Å². The van der Waals surface area contributed by atoms with Crippen LogP contribution in [0.5, 0.6) is 11.5 Å². The number of carbonyl (C=O) groups is 3. The first-order valence-corrected chi connectivity index (χ1v) is 10.5. The fourth-order valence-electron chi connectivity index (χ4n) is 4.29. The molecule has 1 N–H and O–H groups in total. The molecule has 3 aliphatic rings. The normalized spacial score (nSPS) is 21.8. The van der Waals surface area contributed by atoms with Crippen molar-refractivity contribution in [1.82, 2.24) is 9.88 Å². The number of hydrogen-bond donors (Lipinski definition) is 1. The molecule has 0 unspecified atom stereocenters. The summed E-state index contributed by atoms with van der Waals surface area (Å²) in [5, 5.41) is 9.25. The number of likely N-dealkylation sites (tertiary alicyclic amines) is 1. The molecule has 11 heteroatoms. The third-order valence-electron chi connectivity index (χ3n) is 6.05. The van der Waals surface area contributed by atoms with Crippen molar-refractivity contribution in [3.63, 3.8) is 0 Å². The smallest absolute Gasteiger partial charge is 0.415 e. The van der Waals surface area contributed by atoms with Crippen molar-refractivity contribution in [2.24, 2.45) is 5.92 Å². The van der Waals surface area contributed by atoms with Crippen molar-refractivity contribution in [3.8, 4) is 11.5 Å². The van der Waals surface area contributed by atoms with Gasteiger partial charge in [0, 0.05) is 19.0 Å². The fourth-order valence-corrected chi connectivity index (χ4v) is 4.29. The maximum atomic E-state index is 12.7. The highest BCUT2D eigenvalue weighted by Gasteiger charge is 2.44. The van der Waals surface area contributed by atoms with E-state index in [0.29, 0.717) is 23.1 Å². The molecule has 2 aromatic rings. The van der Waals surface area contributed by atoms with E-state index >= 15 is 0 Å². The number of amides is 3. The number of benzene rings is 1. The van der Waals surface area contributed by atoms with Gasteiger partial charge in [-0.05, 0) is 29.8 Å². The lowest BCUT2D eigenvalue weighted by Gasteiger charge is -2.34. The second-order valence-corrected chi connectivity index (χ2v) is 8.09. The Morgan fingerprint density at radius 2 is 1.94 bits per heavy atom. The molecule has 0 radical (unpaired) electrons. The number of fused-ring (bicyclic) bond motifs is 2. The van der Waals surface area contributed by atoms with E-state index in [9.17, 15) is 19.5 Å². The van der Waals surface area contributed by atoms with E-state index in [1.54, 1.807) is 19.2 Å². The zero-order chi connectivity index (χ0) is 23.1. The van der Waals surface area contributed by atoms with Crippen LogP contribution in [0.25, 0.3) is 0 Å². The predicted molar refractivity (Wildman–Crippen MR) is 115 cm³/mol. The van der Waals surface area contributed by atoms with Gasteiger partial charge in [-0.3, -0.25) is 14.6 Å². The summed E-state index contributed by atoms with van der Waals surface area (Å²) in [4.78, 5) is 45.3. The lowest BCUT2D eigenvalue weighted by Crippen LogP contribution is -2.48. The molecule has 1 aromatic heterocycles. The summed E-state index contributed by atoms with van der Waals surface area (Å²) in [5.41, 5.74) is 0.879. The van der Waals surface area contributed by atoms with Crippen molar-refractivity contribution in [2.75, 3.05) is 43.2 Å². The Morgan fingerprint density at radius 1 is 1.15 bits per heavy atom. The highest BCUT2D eigenvalue weighted by Crippen LogP contribution is 2.35. The molecular weight excluding hydrogens is 432 g/mol. The van der Waals surface area contributed by atoms with Gasteiger partial charge in [-0.25, -0.2) is 14.6 Å². The van der Waals surface area contributed by atoms with Gasteiger partial charge in [-0.1, -0.05) is 12.1 Å². The summed E-state index contributed by atoms with van der Waals surface area (Å²) in [6.45, 7) is 0.879. The maximum absolute atomic E-state index is 12.7. The zero-order valence-electron chi connectivity index (χ0n) is 17.8. The standard InChI is InChI=1S/C22H22N4O7/c1-31-15-4-2-13(3-5-15)8-26-19(27)12-32-16-6-7-18(23-20(16)26)25-10-14-9-24(21(28)29)11-17(14)33-22(25)30/h2-7,14,17H,8-12H2,1H3,(H,28,29)/t14-,17+/m1/s1. The van der Waals surface area contributed by atoms with Crippen LogP contribution in [0.4, 0.5) is 21.2 Å². The van der Waals surface area contributed by atoms with Gasteiger partial charge < -0.3 is 24.2 Å². The molecular formula is C22H22N4O7. The Morgan fingerprint density at radius 3 is 2.67 bits per heavy atom. The van der Waals surface area contributed by atoms with E-state index in [2.05, 4.69) is 4.98 Å². The van der Waals surface area contributed by atoms with Crippen LogP contribution < -0.4 is 19.3 Å². The Kier molecular flexibility index (Phi) is 5.15. The number of carbonyl (C=O) groups excluding carboxylic acids is 2. The Balaban J connectivity index is 1.40. The molecule has 3 amide bonds. The second-order valence-electron chi connectivity index (χ2n) is 8.09. The number of pyridine rings is 1. The van der Waals surface area contributed by atoms with Crippen LogP contribution in [0.1, 0.15) is 5.56 Å². The molecule has 1 aromatic carbocycles. The molecule has 0 aliphatic carbocycles. The molecule has 0 bridgehead atoms. The quantitative estimate of drug-likeness (QED) is 0.744. The first-order valence-electron chi connectivity index (χ1n) is 10.5. The number of aromatic nitrogens is 1. The Bertz CT molecular complexity index is 1110. The van der Waals surface area contributed by atoms with Crippen molar-refractivity contribution in [1.29, 1.82) is 0 Å². The highest BCUT2D eigenvalue weighted by atomic mass is 16.6. The van der Waals surface area contributed by atoms with Gasteiger partial charge in [0.15, 0.2) is 18.2 Å². The average Bonchev–Trinajstić information content (AvgIpc) is 3.24. The van der Waals surface area contributed by atoms with Crippen molar-refractivity contribution in [3.05, 3.63) is 42.0 Å². The lowest BCUT2D eigenvalue weighted by molar-refractivity contribution is -0.121. The molecule has 2 atom stereocenters. The maximum Gasteiger partial charge on any atom is 0.415 e. The minimum atomic E-state index is -1.04. The average molecular weight is 454 g/mol. The van der Waals surface area contributed by atoms with Crippen LogP contribution in [0.2, 0.25) is 0 Å². The van der Waals surface area contributed by atoms with Crippen LogP contribution in [0.3, 0.4) is 0 Å². The number of anilines is 2. The minimum Gasteiger partial charge on any atom is -0.497 e. The highest BCUT2D eigenvalue weighted by molar-refractivity contribution is 5.97. The summed E-state index contributed by atoms with van der Waals surface area (Å²) < 4.78 is 16.2. The van der Waals surface area contributed by atoms with E-state index in [0.717, 1.165) is 5.56 Å². The van der Waals surface area contributed by atoms with Crippen LogP contribution >= 0.6 is 0 Å². The summed E-state index contributed by atoms with van der Waals surface area (Å²) in [7, 11) is 1.58. The summed E-state index contributed by atoms with van der Waals surface area (Å²) in [6.07, 6.45) is -2.11. The van der Waals surface area contributed by atoms with Crippen molar-refractivity contribution >= 4 is 29.7 Å². The van der Waals surface area contributed by atoms with Gasteiger partial charge in [0.2, 0.25) is 0 Å². The topological polar surface area (TPSA) is 122 Å².